The Balaban J connectivity index is 3.07. The summed E-state index contributed by atoms with van der Waals surface area (Å²) in [6, 6.07) is 4.62. The van der Waals surface area contributed by atoms with Gasteiger partial charge >= 0.3 is 0 Å². The number of benzene rings is 1. The molecular weight excluding hydrogens is 151 g/mol. The maximum Gasteiger partial charge on any atom is 0.128 e. The predicted octanol–water partition coefficient (Wildman–Crippen LogP) is 3.05. The Morgan fingerprint density at radius 3 is 2.70 bits per heavy atom. The molecule has 2 heteroatoms. The van der Waals surface area contributed by atoms with Crippen molar-refractivity contribution in [1.29, 1.82) is 0 Å². The molecule has 0 aromatic heterocycles. The molecule has 0 N–H and O–H groups in total. The molecule has 0 atom stereocenters. The summed E-state index contributed by atoms with van der Waals surface area (Å²) in [5, 5.41) is 0.433. The Labute approximate surface area is 64.6 Å². The van der Waals surface area contributed by atoms with E-state index in [0.717, 1.165) is 0 Å². The fourth-order valence-corrected chi connectivity index (χ4v) is 0.894. The molecule has 1 radical (unpaired) electrons. The molecular formula is C8H7ClF. The highest BCUT2D eigenvalue weighted by atomic mass is 35.5. The highest BCUT2D eigenvalue weighted by Crippen LogP contribution is 2.15. The summed E-state index contributed by atoms with van der Waals surface area (Å²) in [7, 11) is 0. The average Bonchev–Trinajstić information content (AvgIpc) is 1.88. The zero-order valence-electron chi connectivity index (χ0n) is 5.57. The van der Waals surface area contributed by atoms with Crippen LogP contribution in [-0.4, -0.2) is 0 Å². The maximum absolute atomic E-state index is 12.7. The van der Waals surface area contributed by atoms with Crippen LogP contribution in [0.5, 0.6) is 0 Å². The summed E-state index contributed by atoms with van der Waals surface area (Å²) < 4.78 is 12.7. The quantitative estimate of drug-likeness (QED) is 0.588. The van der Waals surface area contributed by atoms with Crippen molar-refractivity contribution < 1.29 is 4.39 Å². The summed E-state index contributed by atoms with van der Waals surface area (Å²) in [4.78, 5) is 0. The molecule has 0 aliphatic heterocycles. The minimum Gasteiger partial charge on any atom is -0.207 e. The van der Waals surface area contributed by atoms with E-state index in [0.29, 0.717) is 10.6 Å². The zero-order valence-corrected chi connectivity index (χ0v) is 6.32. The Bertz CT molecular complexity index is 233. The lowest BCUT2D eigenvalue weighted by Crippen LogP contribution is -1.83. The zero-order chi connectivity index (χ0) is 7.56. The monoisotopic (exact) mass is 157 g/mol. The predicted molar refractivity (Wildman–Crippen MR) is 40.5 cm³/mol. The molecule has 1 aromatic rings. The highest BCUT2D eigenvalue weighted by Gasteiger charge is 1.98. The van der Waals surface area contributed by atoms with Gasteiger partial charge in [0.15, 0.2) is 0 Å². The highest BCUT2D eigenvalue weighted by molar-refractivity contribution is 6.30. The molecule has 0 aliphatic rings. The second-order valence-electron chi connectivity index (χ2n) is 1.95. The fraction of sp³-hybridized carbons (Fsp3) is 0.125. The van der Waals surface area contributed by atoms with Crippen LogP contribution in [0.3, 0.4) is 0 Å². The van der Waals surface area contributed by atoms with Gasteiger partial charge in [0.05, 0.1) is 0 Å². The van der Waals surface area contributed by atoms with E-state index in [1.54, 1.807) is 25.5 Å². The number of halogens is 2. The van der Waals surface area contributed by atoms with E-state index in [1.165, 1.54) is 6.07 Å². The van der Waals surface area contributed by atoms with Gasteiger partial charge in [-0.05, 0) is 24.1 Å². The van der Waals surface area contributed by atoms with Gasteiger partial charge in [-0.25, -0.2) is 4.39 Å². The lowest BCUT2D eigenvalue weighted by atomic mass is 10.2. The smallest absolute Gasteiger partial charge is 0.128 e. The molecule has 0 nitrogen and oxygen atoms in total. The molecule has 0 saturated carbocycles. The molecule has 0 fully saturated rings. The first-order chi connectivity index (χ1) is 4.74. The summed E-state index contributed by atoms with van der Waals surface area (Å²) >= 11 is 5.52. The van der Waals surface area contributed by atoms with Crippen molar-refractivity contribution in [2.45, 2.75) is 6.92 Å². The largest absolute Gasteiger partial charge is 0.207 e. The molecule has 1 aromatic carbocycles. The molecule has 0 unspecified atom stereocenters. The van der Waals surface area contributed by atoms with Gasteiger partial charge in [-0.15, -0.1) is 0 Å². The van der Waals surface area contributed by atoms with E-state index in [4.69, 9.17) is 11.6 Å². The maximum atomic E-state index is 12.7. The minimum atomic E-state index is -0.269. The Morgan fingerprint density at radius 2 is 2.20 bits per heavy atom. The Morgan fingerprint density at radius 1 is 1.50 bits per heavy atom. The lowest BCUT2D eigenvalue weighted by molar-refractivity contribution is 0.620. The normalized spacial score (nSPS) is 9.90. The van der Waals surface area contributed by atoms with Gasteiger partial charge in [0.1, 0.15) is 5.82 Å². The first kappa shape index (κ1) is 7.55. The van der Waals surface area contributed by atoms with Crippen LogP contribution in [0.15, 0.2) is 18.2 Å². The first-order valence-electron chi connectivity index (χ1n) is 2.98. The van der Waals surface area contributed by atoms with Crippen molar-refractivity contribution in [3.8, 4) is 0 Å². The second kappa shape index (κ2) is 3.02. The lowest BCUT2D eigenvalue weighted by Gasteiger charge is -1.97. The van der Waals surface area contributed by atoms with E-state index in [2.05, 4.69) is 0 Å². The van der Waals surface area contributed by atoms with Crippen molar-refractivity contribution in [1.82, 2.24) is 0 Å². The van der Waals surface area contributed by atoms with E-state index < -0.39 is 0 Å². The molecule has 10 heavy (non-hydrogen) atoms. The first-order valence-corrected chi connectivity index (χ1v) is 3.36. The van der Waals surface area contributed by atoms with Crippen LogP contribution >= 0.6 is 11.6 Å². The molecule has 0 spiro atoms. The van der Waals surface area contributed by atoms with Crippen molar-refractivity contribution in [3.05, 3.63) is 41.0 Å². The summed E-state index contributed by atoms with van der Waals surface area (Å²) in [6.45, 7) is 1.78. The number of rotatable bonds is 1. The van der Waals surface area contributed by atoms with Gasteiger partial charge in [-0.1, -0.05) is 24.6 Å². The fourth-order valence-electron chi connectivity index (χ4n) is 0.736. The minimum absolute atomic E-state index is 0.269. The van der Waals surface area contributed by atoms with Crippen LogP contribution in [0, 0.1) is 12.2 Å². The van der Waals surface area contributed by atoms with Crippen LogP contribution in [0.25, 0.3) is 0 Å². The third-order valence-corrected chi connectivity index (χ3v) is 1.51. The van der Waals surface area contributed by atoms with E-state index in [-0.39, 0.29) is 5.82 Å². The van der Waals surface area contributed by atoms with Gasteiger partial charge in [0, 0.05) is 5.02 Å². The Hall–Kier alpha value is -0.560. The van der Waals surface area contributed by atoms with Gasteiger partial charge in [-0.3, -0.25) is 0 Å². The SMILES string of the molecule is C[CH]c1ccc(Cl)cc1F. The van der Waals surface area contributed by atoms with Gasteiger partial charge in [0.2, 0.25) is 0 Å². The molecule has 53 valence electrons. The summed E-state index contributed by atoms with van der Waals surface area (Å²) in [5.74, 6) is -0.269. The van der Waals surface area contributed by atoms with E-state index in [1.807, 2.05) is 0 Å². The van der Waals surface area contributed by atoms with Gasteiger partial charge < -0.3 is 0 Å². The summed E-state index contributed by atoms with van der Waals surface area (Å²) in [6.07, 6.45) is 1.70. The molecule has 0 aliphatic carbocycles. The average molecular weight is 158 g/mol. The van der Waals surface area contributed by atoms with Crippen LogP contribution in [0.4, 0.5) is 4.39 Å². The van der Waals surface area contributed by atoms with Gasteiger partial charge in [0.25, 0.3) is 0 Å². The molecule has 0 saturated heterocycles. The number of hydrogen-bond donors (Lipinski definition) is 0. The van der Waals surface area contributed by atoms with E-state index in [9.17, 15) is 4.39 Å². The third-order valence-electron chi connectivity index (χ3n) is 1.27. The van der Waals surface area contributed by atoms with Crippen LogP contribution in [-0.2, 0) is 0 Å². The topological polar surface area (TPSA) is 0 Å². The van der Waals surface area contributed by atoms with Gasteiger partial charge in [-0.2, -0.15) is 0 Å². The second-order valence-corrected chi connectivity index (χ2v) is 2.39. The standard InChI is InChI=1S/C8H7ClF/c1-2-6-3-4-7(9)5-8(6)10/h2-5H,1H3. The third kappa shape index (κ3) is 1.48. The molecule has 0 bridgehead atoms. The van der Waals surface area contributed by atoms with Crippen molar-refractivity contribution in [2.75, 3.05) is 0 Å². The van der Waals surface area contributed by atoms with Crippen molar-refractivity contribution in [3.63, 3.8) is 0 Å². The van der Waals surface area contributed by atoms with Crippen LogP contribution in [0.2, 0.25) is 5.02 Å². The van der Waals surface area contributed by atoms with Crippen molar-refractivity contribution in [2.24, 2.45) is 0 Å². The molecule has 1 rings (SSSR count). The molecule has 0 amide bonds. The number of hydrogen-bond acceptors (Lipinski definition) is 0. The Kier molecular flexibility index (Phi) is 2.28. The summed E-state index contributed by atoms with van der Waals surface area (Å²) in [5.41, 5.74) is 0.587. The van der Waals surface area contributed by atoms with Crippen LogP contribution < -0.4 is 0 Å². The van der Waals surface area contributed by atoms with Crippen LogP contribution in [0.1, 0.15) is 12.5 Å². The van der Waals surface area contributed by atoms with Crippen molar-refractivity contribution >= 4 is 11.6 Å². The molecule has 0 heterocycles. The van der Waals surface area contributed by atoms with E-state index >= 15 is 0 Å².